The number of aliphatic hydroxyl groups is 1. The Morgan fingerprint density at radius 1 is 1.32 bits per heavy atom. The number of aromatic nitrogens is 1. The summed E-state index contributed by atoms with van der Waals surface area (Å²) in [4.78, 5) is 5.46. The lowest BCUT2D eigenvalue weighted by atomic mass is 10.0. The highest BCUT2D eigenvalue weighted by atomic mass is 32.1. The van der Waals surface area contributed by atoms with Gasteiger partial charge < -0.3 is 10.4 Å². The van der Waals surface area contributed by atoms with Crippen LogP contribution in [0.15, 0.2) is 30.5 Å². The van der Waals surface area contributed by atoms with E-state index in [9.17, 15) is 5.11 Å². The van der Waals surface area contributed by atoms with Crippen molar-refractivity contribution in [2.24, 2.45) is 0 Å². The first kappa shape index (κ1) is 14.2. The van der Waals surface area contributed by atoms with E-state index >= 15 is 0 Å². The molecule has 0 aliphatic rings. The van der Waals surface area contributed by atoms with Gasteiger partial charge in [-0.25, -0.2) is 4.98 Å². The molecule has 19 heavy (non-hydrogen) atoms. The summed E-state index contributed by atoms with van der Waals surface area (Å²) in [6.45, 7) is 6.66. The fourth-order valence-electron chi connectivity index (χ4n) is 2.04. The van der Waals surface area contributed by atoms with E-state index in [0.29, 0.717) is 6.54 Å². The van der Waals surface area contributed by atoms with Gasteiger partial charge in [0, 0.05) is 23.7 Å². The Balaban J connectivity index is 1.94. The molecule has 0 saturated heterocycles. The Labute approximate surface area is 118 Å². The van der Waals surface area contributed by atoms with Crippen LogP contribution in [0.1, 0.15) is 40.1 Å². The lowest BCUT2D eigenvalue weighted by Crippen LogP contribution is -2.24. The smallest absolute Gasteiger partial charge is 0.0917 e. The predicted molar refractivity (Wildman–Crippen MR) is 79.4 cm³/mol. The average Bonchev–Trinajstić information content (AvgIpc) is 2.83. The number of hydrogen-bond donors (Lipinski definition) is 2. The van der Waals surface area contributed by atoms with Gasteiger partial charge in [-0.15, -0.1) is 11.3 Å². The summed E-state index contributed by atoms with van der Waals surface area (Å²) in [5.41, 5.74) is 2.11. The summed E-state index contributed by atoms with van der Waals surface area (Å²) >= 11 is 1.69. The zero-order valence-electron chi connectivity index (χ0n) is 11.6. The molecule has 0 spiro atoms. The predicted octanol–water partition coefficient (Wildman–Crippen LogP) is 3.14. The van der Waals surface area contributed by atoms with Crippen molar-refractivity contribution < 1.29 is 5.11 Å². The Bertz CT molecular complexity index is 538. The number of nitrogens with one attached hydrogen (secondary N) is 1. The largest absolute Gasteiger partial charge is 0.387 e. The van der Waals surface area contributed by atoms with Gasteiger partial charge in [-0.3, -0.25) is 0 Å². The van der Waals surface area contributed by atoms with Crippen LogP contribution in [0.5, 0.6) is 0 Å². The normalized spacial score (nSPS) is 14.3. The van der Waals surface area contributed by atoms with Crippen LogP contribution in [0.25, 0.3) is 0 Å². The molecule has 0 aliphatic heterocycles. The van der Waals surface area contributed by atoms with Crippen LogP contribution in [-0.4, -0.2) is 16.6 Å². The molecular formula is C15H20N2OS. The highest BCUT2D eigenvalue weighted by Crippen LogP contribution is 2.21. The highest BCUT2D eigenvalue weighted by molar-refractivity contribution is 7.11. The summed E-state index contributed by atoms with van der Waals surface area (Å²) < 4.78 is 0. The molecule has 1 aromatic heterocycles. The number of nitrogens with zero attached hydrogens (tertiary/aromatic N) is 1. The maximum absolute atomic E-state index is 10.2. The minimum Gasteiger partial charge on any atom is -0.387 e. The third-order valence-electron chi connectivity index (χ3n) is 3.23. The molecule has 0 saturated carbocycles. The molecule has 1 aromatic carbocycles. The van der Waals surface area contributed by atoms with Crippen molar-refractivity contribution in [3.05, 3.63) is 51.5 Å². The van der Waals surface area contributed by atoms with Crippen LogP contribution in [0.3, 0.4) is 0 Å². The second kappa shape index (κ2) is 6.28. The van der Waals surface area contributed by atoms with Crippen molar-refractivity contribution in [3.8, 4) is 0 Å². The fourth-order valence-corrected chi connectivity index (χ4v) is 2.85. The van der Waals surface area contributed by atoms with E-state index in [2.05, 4.69) is 17.2 Å². The maximum atomic E-state index is 10.2. The van der Waals surface area contributed by atoms with Gasteiger partial charge in [0.05, 0.1) is 11.1 Å². The van der Waals surface area contributed by atoms with Gasteiger partial charge in [0.1, 0.15) is 0 Å². The zero-order chi connectivity index (χ0) is 13.8. The van der Waals surface area contributed by atoms with Crippen molar-refractivity contribution in [1.82, 2.24) is 10.3 Å². The molecule has 0 fully saturated rings. The molecule has 0 bridgehead atoms. The van der Waals surface area contributed by atoms with Gasteiger partial charge in [0.2, 0.25) is 0 Å². The van der Waals surface area contributed by atoms with Gasteiger partial charge in [-0.1, -0.05) is 24.3 Å². The van der Waals surface area contributed by atoms with Crippen molar-refractivity contribution in [2.75, 3.05) is 6.54 Å². The number of thiazole rings is 1. The second-order valence-corrected chi connectivity index (χ2v) is 6.05. The van der Waals surface area contributed by atoms with Gasteiger partial charge in [-0.05, 0) is 31.9 Å². The molecule has 2 aromatic rings. The van der Waals surface area contributed by atoms with E-state index in [0.717, 1.165) is 16.1 Å². The number of aryl methyl sites for hydroxylation is 2. The summed E-state index contributed by atoms with van der Waals surface area (Å²) in [6, 6.07) is 8.16. The molecule has 4 heteroatoms. The quantitative estimate of drug-likeness (QED) is 0.882. The standard InChI is InChI=1S/C15H20N2OS/c1-10-6-4-5-7-13(10)14(18)8-16-11(2)15-9-17-12(3)19-15/h4-7,9,11,14,16,18H,8H2,1-3H3. The summed E-state index contributed by atoms with van der Waals surface area (Å²) in [6.07, 6.45) is 1.43. The average molecular weight is 276 g/mol. The minimum atomic E-state index is -0.474. The first-order chi connectivity index (χ1) is 9.08. The molecule has 0 radical (unpaired) electrons. The van der Waals surface area contributed by atoms with Crippen LogP contribution in [-0.2, 0) is 0 Å². The van der Waals surface area contributed by atoms with Gasteiger partial charge >= 0.3 is 0 Å². The molecule has 2 atom stereocenters. The zero-order valence-corrected chi connectivity index (χ0v) is 12.4. The van der Waals surface area contributed by atoms with Crippen LogP contribution in [0.2, 0.25) is 0 Å². The minimum absolute atomic E-state index is 0.213. The lowest BCUT2D eigenvalue weighted by Gasteiger charge is -2.17. The molecule has 2 N–H and O–H groups in total. The Hall–Kier alpha value is -1.23. The van der Waals surface area contributed by atoms with E-state index in [1.807, 2.05) is 44.3 Å². The van der Waals surface area contributed by atoms with Crippen molar-refractivity contribution >= 4 is 11.3 Å². The van der Waals surface area contributed by atoms with E-state index in [-0.39, 0.29) is 6.04 Å². The van der Waals surface area contributed by atoms with E-state index in [1.165, 1.54) is 4.88 Å². The number of aliphatic hydroxyl groups excluding tert-OH is 1. The van der Waals surface area contributed by atoms with Crippen molar-refractivity contribution in [3.63, 3.8) is 0 Å². The topological polar surface area (TPSA) is 45.2 Å². The highest BCUT2D eigenvalue weighted by Gasteiger charge is 2.13. The monoisotopic (exact) mass is 276 g/mol. The van der Waals surface area contributed by atoms with Crippen LogP contribution >= 0.6 is 11.3 Å². The van der Waals surface area contributed by atoms with E-state index < -0.39 is 6.10 Å². The van der Waals surface area contributed by atoms with Crippen LogP contribution in [0, 0.1) is 13.8 Å². The first-order valence-electron chi connectivity index (χ1n) is 6.47. The Morgan fingerprint density at radius 3 is 2.68 bits per heavy atom. The number of hydrogen-bond acceptors (Lipinski definition) is 4. The lowest BCUT2D eigenvalue weighted by molar-refractivity contribution is 0.170. The van der Waals surface area contributed by atoms with Crippen LogP contribution in [0.4, 0.5) is 0 Å². The first-order valence-corrected chi connectivity index (χ1v) is 7.29. The van der Waals surface area contributed by atoms with Crippen molar-refractivity contribution in [1.29, 1.82) is 0 Å². The summed E-state index contributed by atoms with van der Waals surface area (Å²) in [5.74, 6) is 0. The molecule has 3 nitrogen and oxygen atoms in total. The van der Waals surface area contributed by atoms with Gasteiger partial charge in [0.25, 0.3) is 0 Å². The molecule has 102 valence electrons. The number of benzene rings is 1. The maximum Gasteiger partial charge on any atom is 0.0917 e. The summed E-state index contributed by atoms with van der Waals surface area (Å²) in [7, 11) is 0. The van der Waals surface area contributed by atoms with Gasteiger partial charge in [-0.2, -0.15) is 0 Å². The molecule has 0 amide bonds. The Morgan fingerprint density at radius 2 is 2.05 bits per heavy atom. The fraction of sp³-hybridized carbons (Fsp3) is 0.400. The molecule has 1 heterocycles. The third-order valence-corrected chi connectivity index (χ3v) is 4.33. The third kappa shape index (κ3) is 3.62. The molecule has 2 rings (SSSR count). The Kier molecular flexibility index (Phi) is 4.69. The molecular weight excluding hydrogens is 256 g/mol. The van der Waals surface area contributed by atoms with E-state index in [1.54, 1.807) is 11.3 Å². The molecule has 0 aliphatic carbocycles. The van der Waals surface area contributed by atoms with E-state index in [4.69, 9.17) is 0 Å². The number of rotatable bonds is 5. The van der Waals surface area contributed by atoms with Crippen molar-refractivity contribution in [2.45, 2.75) is 32.9 Å². The van der Waals surface area contributed by atoms with Crippen LogP contribution < -0.4 is 5.32 Å². The van der Waals surface area contributed by atoms with Gasteiger partial charge in [0.15, 0.2) is 0 Å². The second-order valence-electron chi connectivity index (χ2n) is 4.78. The molecule has 2 unspecified atom stereocenters. The summed E-state index contributed by atoms with van der Waals surface area (Å²) in [5, 5.41) is 14.7. The SMILES string of the molecule is Cc1ncc(C(C)NCC(O)c2ccccc2C)s1.